The predicted molar refractivity (Wildman–Crippen MR) is 103 cm³/mol. The highest BCUT2D eigenvalue weighted by Crippen LogP contribution is 2.20. The zero-order valence-electron chi connectivity index (χ0n) is 12.8. The van der Waals surface area contributed by atoms with Crippen molar-refractivity contribution in [2.45, 2.75) is 35.0 Å². The van der Waals surface area contributed by atoms with Crippen LogP contribution in [-0.2, 0) is 22.7 Å². The first-order valence-electron chi connectivity index (χ1n) is 6.66. The van der Waals surface area contributed by atoms with E-state index < -0.39 is 35.8 Å². The smallest absolute Gasteiger partial charge is 0.302 e. The first kappa shape index (κ1) is 27.8. The van der Waals surface area contributed by atoms with Crippen LogP contribution in [0.4, 0.5) is 17.6 Å². The first-order valence-corrected chi connectivity index (χ1v) is 8.25. The Labute approximate surface area is 172 Å². The summed E-state index contributed by atoms with van der Waals surface area (Å²) in [5.74, 6) is -4.44. The molecule has 0 unspecified atom stereocenters. The van der Waals surface area contributed by atoms with Crippen LogP contribution >= 0.6 is 31.9 Å². The van der Waals surface area contributed by atoms with Crippen LogP contribution in [0.5, 0.6) is 0 Å². The highest BCUT2D eigenvalue weighted by Gasteiger charge is 2.11. The van der Waals surface area contributed by atoms with Gasteiger partial charge in [0.15, 0.2) is 23.3 Å². The fourth-order valence-electron chi connectivity index (χ4n) is 1.62. The molecular weight excluding hydrogens is 500 g/mol. The van der Waals surface area contributed by atoms with E-state index in [1.165, 1.54) is 19.1 Å². The molecule has 2 aromatic rings. The number of carbonyl (C=O) groups excluding carboxylic acids is 1. The van der Waals surface area contributed by atoms with Crippen LogP contribution in [0.15, 0.2) is 33.2 Å². The molecule has 1 N–H and O–H groups in total. The molecule has 0 fully saturated rings. The maximum atomic E-state index is 13.0. The Morgan fingerprint density at radius 3 is 1.74 bits per heavy atom. The molecule has 0 radical (unpaired) electrons. The molecule has 0 bridgehead atoms. The molecule has 0 aliphatic rings. The Bertz CT molecular complexity index is 771. The van der Waals surface area contributed by atoms with E-state index in [4.69, 9.17) is 5.11 Å². The van der Waals surface area contributed by atoms with Crippen molar-refractivity contribution in [2.24, 2.45) is 0 Å². The Morgan fingerprint density at radius 1 is 0.926 bits per heavy atom. The molecule has 0 atom stereocenters. The number of rotatable bonds is 3. The molecule has 0 saturated heterocycles. The molecule has 0 aliphatic heterocycles. The quantitative estimate of drug-likeness (QED) is 0.295. The molecule has 0 aromatic heterocycles. The number of aliphatic hydroxyl groups excluding tert-OH is 1. The predicted octanol–water partition coefficient (Wildman–Crippen LogP) is 6.28. The maximum absolute atomic E-state index is 13.0. The van der Waals surface area contributed by atoms with Crippen LogP contribution in [0.25, 0.3) is 0 Å². The van der Waals surface area contributed by atoms with Gasteiger partial charge in [-0.3, -0.25) is 4.79 Å². The van der Waals surface area contributed by atoms with Crippen molar-refractivity contribution < 1.29 is 32.2 Å². The lowest BCUT2D eigenvalue weighted by Gasteiger charge is -2.05. The van der Waals surface area contributed by atoms with E-state index in [0.717, 1.165) is 12.1 Å². The van der Waals surface area contributed by atoms with E-state index in [2.05, 4.69) is 36.6 Å². The van der Waals surface area contributed by atoms with Gasteiger partial charge in [0.2, 0.25) is 0 Å². The van der Waals surface area contributed by atoms with Crippen molar-refractivity contribution in [3.63, 3.8) is 0 Å². The van der Waals surface area contributed by atoms with Crippen molar-refractivity contribution in [3.8, 4) is 0 Å². The second-order valence-corrected chi connectivity index (χ2v) is 6.49. The van der Waals surface area contributed by atoms with Gasteiger partial charge in [0.05, 0.1) is 6.61 Å². The van der Waals surface area contributed by atoms with Crippen molar-refractivity contribution in [2.75, 3.05) is 0 Å². The highest BCUT2D eigenvalue weighted by atomic mass is 79.9. The summed E-state index contributed by atoms with van der Waals surface area (Å²) in [6.07, 6.45) is 0. The fourth-order valence-corrected chi connectivity index (χ4v) is 2.57. The van der Waals surface area contributed by atoms with Crippen molar-refractivity contribution in [1.82, 2.24) is 0 Å². The minimum atomic E-state index is -0.991. The van der Waals surface area contributed by atoms with Crippen molar-refractivity contribution in [3.05, 3.63) is 67.6 Å². The molecule has 0 heterocycles. The van der Waals surface area contributed by atoms with Gasteiger partial charge in [0.1, 0.15) is 6.61 Å². The standard InChI is InChI=1S/C9H7BrF2O2.C7H5BrF2O.2CH4/c1-5(13)14-4-6-2-7(10)3-8(11)9(6)12;8-5-1-4(3-11)7(10)6(9)2-5;;/h2-3H,4H2,1H3;1-2,11H,3H2;2*1H4. The molecule has 0 spiro atoms. The Balaban J connectivity index is 0. The number of esters is 1. The van der Waals surface area contributed by atoms with Gasteiger partial charge >= 0.3 is 5.97 Å². The third-order valence-electron chi connectivity index (χ3n) is 2.74. The number of hydrogen-bond acceptors (Lipinski definition) is 3. The molecule has 9 heteroatoms. The Hall–Kier alpha value is -1.45. The van der Waals surface area contributed by atoms with Gasteiger partial charge in [-0.05, 0) is 24.3 Å². The van der Waals surface area contributed by atoms with E-state index in [1.54, 1.807) is 0 Å². The summed E-state index contributed by atoms with van der Waals surface area (Å²) in [6.45, 7) is 0.436. The summed E-state index contributed by atoms with van der Waals surface area (Å²) in [5.41, 5.74) is -0.0380. The molecule has 0 aliphatic carbocycles. The van der Waals surface area contributed by atoms with Gasteiger partial charge < -0.3 is 9.84 Å². The zero-order chi connectivity index (χ0) is 19.1. The zero-order valence-corrected chi connectivity index (χ0v) is 15.9. The van der Waals surface area contributed by atoms with Crippen LogP contribution in [0.2, 0.25) is 0 Å². The van der Waals surface area contributed by atoms with Gasteiger partial charge in [-0.15, -0.1) is 0 Å². The van der Waals surface area contributed by atoms with Crippen molar-refractivity contribution in [1.29, 1.82) is 0 Å². The van der Waals surface area contributed by atoms with Crippen LogP contribution in [-0.4, -0.2) is 11.1 Å². The second-order valence-electron chi connectivity index (χ2n) is 4.66. The highest BCUT2D eigenvalue weighted by molar-refractivity contribution is 9.10. The summed E-state index contributed by atoms with van der Waals surface area (Å²) < 4.78 is 56.4. The molecule has 2 rings (SSSR count). The number of carbonyl (C=O) groups is 1. The fraction of sp³-hybridized carbons (Fsp3) is 0.278. The summed E-state index contributed by atoms with van der Waals surface area (Å²) >= 11 is 5.98. The van der Waals surface area contributed by atoms with Gasteiger partial charge in [0, 0.05) is 27.0 Å². The molecule has 3 nitrogen and oxygen atoms in total. The number of ether oxygens (including phenoxy) is 1. The largest absolute Gasteiger partial charge is 0.461 e. The monoisotopic (exact) mass is 518 g/mol. The van der Waals surface area contributed by atoms with Crippen molar-refractivity contribution >= 4 is 37.8 Å². The van der Waals surface area contributed by atoms with E-state index >= 15 is 0 Å². The molecule has 2 aromatic carbocycles. The Morgan fingerprint density at radius 2 is 1.33 bits per heavy atom. The lowest BCUT2D eigenvalue weighted by Crippen LogP contribution is -2.02. The minimum Gasteiger partial charge on any atom is -0.461 e. The normalized spacial score (nSPS) is 9.33. The molecule has 0 saturated carbocycles. The molecule has 27 heavy (non-hydrogen) atoms. The van der Waals surface area contributed by atoms with E-state index in [-0.39, 0.29) is 32.6 Å². The van der Waals surface area contributed by atoms with Crippen LogP contribution in [0.3, 0.4) is 0 Å². The number of hydrogen-bond donors (Lipinski definition) is 1. The van der Waals surface area contributed by atoms with Gasteiger partial charge in [0.25, 0.3) is 0 Å². The number of halogens is 6. The topological polar surface area (TPSA) is 46.5 Å². The summed E-state index contributed by atoms with van der Waals surface area (Å²) in [7, 11) is 0. The number of benzene rings is 2. The lowest BCUT2D eigenvalue weighted by molar-refractivity contribution is -0.142. The van der Waals surface area contributed by atoms with E-state index in [1.807, 2.05) is 0 Å². The molecular formula is C18H20Br2F4O3. The Kier molecular flexibility index (Phi) is 13.2. The van der Waals surface area contributed by atoms with Crippen LogP contribution in [0, 0.1) is 23.3 Å². The summed E-state index contributed by atoms with van der Waals surface area (Å²) in [4.78, 5) is 10.4. The van der Waals surface area contributed by atoms with E-state index in [0.29, 0.717) is 8.95 Å². The molecule has 0 amide bonds. The van der Waals surface area contributed by atoms with E-state index in [9.17, 15) is 22.4 Å². The number of aliphatic hydroxyl groups is 1. The minimum absolute atomic E-state index is 0. The first-order chi connectivity index (χ1) is 11.6. The maximum Gasteiger partial charge on any atom is 0.302 e. The summed E-state index contributed by atoms with van der Waals surface area (Å²) in [5, 5.41) is 8.54. The SMILES string of the molecule is C.C.CC(=O)OCc1cc(Br)cc(F)c1F.OCc1cc(Br)cc(F)c1F. The average Bonchev–Trinajstić information content (AvgIpc) is 2.53. The summed E-state index contributed by atoms with van der Waals surface area (Å²) in [6, 6.07) is 4.71. The lowest BCUT2D eigenvalue weighted by atomic mass is 10.2. The second kappa shape index (κ2) is 12.9. The molecule has 152 valence electrons. The van der Waals surface area contributed by atoms with Crippen LogP contribution < -0.4 is 0 Å². The van der Waals surface area contributed by atoms with Gasteiger partial charge in [-0.25, -0.2) is 17.6 Å². The third-order valence-corrected chi connectivity index (χ3v) is 3.65. The third kappa shape index (κ3) is 8.85. The average molecular weight is 520 g/mol. The van der Waals surface area contributed by atoms with Crippen LogP contribution in [0.1, 0.15) is 32.9 Å². The van der Waals surface area contributed by atoms with Gasteiger partial charge in [-0.1, -0.05) is 46.7 Å². The van der Waals surface area contributed by atoms with Gasteiger partial charge in [-0.2, -0.15) is 0 Å².